The van der Waals surface area contributed by atoms with Crippen molar-refractivity contribution in [2.45, 2.75) is 26.0 Å². The van der Waals surface area contributed by atoms with Crippen molar-refractivity contribution >= 4 is 23.2 Å². The minimum absolute atomic E-state index is 0.256. The molecule has 0 aliphatic rings. The number of aliphatic hydroxyl groups excluding tert-OH is 1. The molecule has 2 aromatic rings. The average molecular weight is 354 g/mol. The molecule has 0 heterocycles. The van der Waals surface area contributed by atoms with Gasteiger partial charge in [0.15, 0.2) is 0 Å². The maximum Gasteiger partial charge on any atom is 0.119 e. The highest BCUT2D eigenvalue weighted by Gasteiger charge is 2.01. The normalized spacial score (nSPS) is 10.7. The van der Waals surface area contributed by atoms with Crippen LogP contribution in [0.1, 0.15) is 24.0 Å². The molecule has 0 bridgehead atoms. The summed E-state index contributed by atoms with van der Waals surface area (Å²) in [7, 11) is 0. The Labute approximate surface area is 147 Å². The summed E-state index contributed by atoms with van der Waals surface area (Å²) in [4.78, 5) is 0. The molecule has 23 heavy (non-hydrogen) atoms. The van der Waals surface area contributed by atoms with Crippen LogP contribution >= 0.6 is 23.2 Å². The molecule has 0 unspecified atom stereocenters. The Morgan fingerprint density at radius 2 is 1.65 bits per heavy atom. The second-order valence-corrected chi connectivity index (χ2v) is 6.10. The molecule has 2 aromatic carbocycles. The zero-order valence-corrected chi connectivity index (χ0v) is 14.4. The molecule has 0 fully saturated rings. The Morgan fingerprint density at radius 1 is 0.913 bits per heavy atom. The highest BCUT2D eigenvalue weighted by atomic mass is 35.5. The van der Waals surface area contributed by atoms with Gasteiger partial charge in [0.05, 0.1) is 10.0 Å². The second-order valence-electron chi connectivity index (χ2n) is 5.29. The molecule has 124 valence electrons. The minimum atomic E-state index is 0.256. The topological polar surface area (TPSA) is 41.5 Å². The van der Waals surface area contributed by atoms with Crippen LogP contribution in [0.25, 0.3) is 0 Å². The van der Waals surface area contributed by atoms with Gasteiger partial charge in [-0.15, -0.1) is 0 Å². The first kappa shape index (κ1) is 18.1. The number of halogens is 2. The third-order valence-electron chi connectivity index (χ3n) is 3.40. The van der Waals surface area contributed by atoms with Crippen LogP contribution in [0.5, 0.6) is 5.75 Å². The van der Waals surface area contributed by atoms with E-state index in [9.17, 15) is 0 Å². The number of hydrogen-bond acceptors (Lipinski definition) is 3. The van der Waals surface area contributed by atoms with Gasteiger partial charge in [-0.1, -0.05) is 41.4 Å². The second kappa shape index (κ2) is 9.78. The van der Waals surface area contributed by atoms with Gasteiger partial charge in [-0.3, -0.25) is 0 Å². The molecule has 0 amide bonds. The van der Waals surface area contributed by atoms with E-state index in [1.54, 1.807) is 6.07 Å². The Kier molecular flexibility index (Phi) is 7.69. The summed E-state index contributed by atoms with van der Waals surface area (Å²) in [6.07, 6.45) is 1.83. The standard InChI is InChI=1S/C18H21Cl2NO2/c19-17-8-5-15(11-18(17)20)13-23-16-6-3-14(4-7-16)12-21-9-1-2-10-22/h3-8,11,21-22H,1-2,9-10,12-13H2. The van der Waals surface area contributed by atoms with Gasteiger partial charge in [0, 0.05) is 13.2 Å². The van der Waals surface area contributed by atoms with E-state index in [-0.39, 0.29) is 6.61 Å². The molecule has 0 atom stereocenters. The fraction of sp³-hybridized carbons (Fsp3) is 0.333. The van der Waals surface area contributed by atoms with E-state index >= 15 is 0 Å². The predicted molar refractivity (Wildman–Crippen MR) is 95.3 cm³/mol. The van der Waals surface area contributed by atoms with Crippen molar-refractivity contribution in [3.8, 4) is 5.75 Å². The molecule has 0 aliphatic heterocycles. The molecule has 0 aromatic heterocycles. The van der Waals surface area contributed by atoms with Crippen LogP contribution in [-0.4, -0.2) is 18.3 Å². The van der Waals surface area contributed by atoms with Gasteiger partial charge in [-0.25, -0.2) is 0 Å². The third-order valence-corrected chi connectivity index (χ3v) is 4.14. The summed E-state index contributed by atoms with van der Waals surface area (Å²) in [6.45, 7) is 2.44. The minimum Gasteiger partial charge on any atom is -0.489 e. The van der Waals surface area contributed by atoms with Gasteiger partial charge in [-0.2, -0.15) is 0 Å². The van der Waals surface area contributed by atoms with Gasteiger partial charge in [-0.05, 0) is 54.8 Å². The number of hydrogen-bond donors (Lipinski definition) is 2. The van der Waals surface area contributed by atoms with Crippen LogP contribution in [0.3, 0.4) is 0 Å². The summed E-state index contributed by atoms with van der Waals surface area (Å²) in [5.74, 6) is 0.820. The molecule has 5 heteroatoms. The van der Waals surface area contributed by atoms with Gasteiger partial charge in [0.1, 0.15) is 12.4 Å². The van der Waals surface area contributed by atoms with Crippen LogP contribution in [0.4, 0.5) is 0 Å². The maximum atomic E-state index is 8.72. The molecular formula is C18H21Cl2NO2. The summed E-state index contributed by atoms with van der Waals surface area (Å²) in [5, 5.41) is 13.2. The van der Waals surface area contributed by atoms with E-state index < -0.39 is 0 Å². The van der Waals surface area contributed by atoms with Crippen molar-refractivity contribution in [2.75, 3.05) is 13.2 Å². The monoisotopic (exact) mass is 353 g/mol. The lowest BCUT2D eigenvalue weighted by molar-refractivity contribution is 0.283. The summed E-state index contributed by atoms with van der Waals surface area (Å²) in [5.41, 5.74) is 2.19. The zero-order valence-electron chi connectivity index (χ0n) is 12.9. The van der Waals surface area contributed by atoms with Crippen LogP contribution < -0.4 is 10.1 Å². The van der Waals surface area contributed by atoms with Crippen LogP contribution in [0.15, 0.2) is 42.5 Å². The number of unbranched alkanes of at least 4 members (excludes halogenated alkanes) is 1. The first-order valence-corrected chi connectivity index (χ1v) is 8.42. The molecule has 3 nitrogen and oxygen atoms in total. The van der Waals surface area contributed by atoms with Crippen LogP contribution in [0, 0.1) is 0 Å². The maximum absolute atomic E-state index is 8.72. The molecule has 0 aliphatic carbocycles. The lowest BCUT2D eigenvalue weighted by Crippen LogP contribution is -2.14. The van der Waals surface area contributed by atoms with Crippen molar-refractivity contribution in [3.63, 3.8) is 0 Å². The highest BCUT2D eigenvalue weighted by molar-refractivity contribution is 6.42. The number of benzene rings is 2. The number of aliphatic hydroxyl groups is 1. The molecule has 2 rings (SSSR count). The van der Waals surface area contributed by atoms with E-state index in [0.717, 1.165) is 37.2 Å². The molecule has 0 saturated heterocycles. The van der Waals surface area contributed by atoms with Gasteiger partial charge < -0.3 is 15.2 Å². The fourth-order valence-corrected chi connectivity index (χ4v) is 2.41. The highest BCUT2D eigenvalue weighted by Crippen LogP contribution is 2.23. The van der Waals surface area contributed by atoms with Gasteiger partial charge >= 0.3 is 0 Å². The molecule has 2 N–H and O–H groups in total. The quantitative estimate of drug-likeness (QED) is 0.655. The summed E-state index contributed by atoms with van der Waals surface area (Å²) < 4.78 is 5.75. The number of ether oxygens (including phenoxy) is 1. The lowest BCUT2D eigenvalue weighted by atomic mass is 10.2. The van der Waals surface area contributed by atoms with Crippen molar-refractivity contribution in [2.24, 2.45) is 0 Å². The van der Waals surface area contributed by atoms with E-state index in [4.69, 9.17) is 33.0 Å². The van der Waals surface area contributed by atoms with E-state index in [2.05, 4.69) is 5.32 Å². The molecule has 0 spiro atoms. The SMILES string of the molecule is OCCCCNCc1ccc(OCc2ccc(Cl)c(Cl)c2)cc1. The van der Waals surface area contributed by atoms with E-state index in [0.29, 0.717) is 16.7 Å². The van der Waals surface area contributed by atoms with E-state index in [1.165, 1.54) is 5.56 Å². The van der Waals surface area contributed by atoms with Gasteiger partial charge in [0.2, 0.25) is 0 Å². The van der Waals surface area contributed by atoms with Gasteiger partial charge in [0.25, 0.3) is 0 Å². The first-order valence-electron chi connectivity index (χ1n) is 7.66. The Hall–Kier alpha value is -1.26. The predicted octanol–water partition coefficient (Wildman–Crippen LogP) is 4.43. The largest absolute Gasteiger partial charge is 0.489 e. The fourth-order valence-electron chi connectivity index (χ4n) is 2.09. The third kappa shape index (κ3) is 6.40. The van der Waals surface area contributed by atoms with Crippen molar-refractivity contribution in [1.29, 1.82) is 0 Å². The number of nitrogens with one attached hydrogen (secondary N) is 1. The van der Waals surface area contributed by atoms with Crippen LogP contribution in [0.2, 0.25) is 10.0 Å². The van der Waals surface area contributed by atoms with Crippen molar-refractivity contribution < 1.29 is 9.84 Å². The smallest absolute Gasteiger partial charge is 0.119 e. The number of rotatable bonds is 9. The first-order chi connectivity index (χ1) is 11.2. The van der Waals surface area contributed by atoms with Crippen molar-refractivity contribution in [3.05, 3.63) is 63.6 Å². The molecule has 0 saturated carbocycles. The summed E-state index contributed by atoms with van der Waals surface area (Å²) in [6, 6.07) is 13.5. The van der Waals surface area contributed by atoms with Crippen LogP contribution in [-0.2, 0) is 13.2 Å². The average Bonchev–Trinajstić information content (AvgIpc) is 2.57. The Bertz CT molecular complexity index is 602. The van der Waals surface area contributed by atoms with E-state index in [1.807, 2.05) is 36.4 Å². The summed E-state index contributed by atoms with van der Waals surface area (Å²) >= 11 is 11.9. The molecular weight excluding hydrogens is 333 g/mol. The Balaban J connectivity index is 1.77. The zero-order chi connectivity index (χ0) is 16.5. The lowest BCUT2D eigenvalue weighted by Gasteiger charge is -2.09. The molecule has 0 radical (unpaired) electrons. The van der Waals surface area contributed by atoms with Crippen molar-refractivity contribution in [1.82, 2.24) is 5.32 Å². The Morgan fingerprint density at radius 3 is 2.35 bits per heavy atom.